The van der Waals surface area contributed by atoms with Crippen LogP contribution in [0.3, 0.4) is 0 Å². The Balaban J connectivity index is 1.45. The molecule has 9 nitrogen and oxygen atoms in total. The summed E-state index contributed by atoms with van der Waals surface area (Å²) in [7, 11) is 0. The highest BCUT2D eigenvalue weighted by Gasteiger charge is 2.46. The zero-order chi connectivity index (χ0) is 32.0. The fourth-order valence-corrected chi connectivity index (χ4v) is 6.84. The number of halogens is 2. The zero-order valence-corrected chi connectivity index (χ0v) is 25.3. The first-order valence-electron chi connectivity index (χ1n) is 14.4. The molecule has 232 valence electrons. The second-order valence-electron chi connectivity index (χ2n) is 11.4. The molecule has 2 aromatic carbocycles. The van der Waals surface area contributed by atoms with Gasteiger partial charge in [-0.1, -0.05) is 12.1 Å². The van der Waals surface area contributed by atoms with E-state index in [2.05, 4.69) is 15.6 Å². The van der Waals surface area contributed by atoms with Gasteiger partial charge in [0.1, 0.15) is 11.4 Å². The van der Waals surface area contributed by atoms with Gasteiger partial charge in [0.05, 0.1) is 6.61 Å². The number of nitrogens with zero attached hydrogens (tertiary/aromatic N) is 1. The number of rotatable bonds is 7. The minimum absolute atomic E-state index is 0.0911. The number of benzene rings is 2. The molecule has 1 aliphatic carbocycles. The van der Waals surface area contributed by atoms with Crippen molar-refractivity contribution in [3.05, 3.63) is 87.0 Å². The smallest absolute Gasteiger partial charge is 0.355 e. The average molecular weight is 633 g/mol. The lowest BCUT2D eigenvalue weighted by molar-refractivity contribution is -0.0901. The lowest BCUT2D eigenvalue weighted by Crippen LogP contribution is -2.50. The summed E-state index contributed by atoms with van der Waals surface area (Å²) in [5.74, 6) is -5.02. The molecule has 1 saturated carbocycles. The lowest BCUT2D eigenvalue weighted by Gasteiger charge is -2.35. The molecule has 0 unspecified atom stereocenters. The van der Waals surface area contributed by atoms with Crippen molar-refractivity contribution in [2.24, 2.45) is 5.73 Å². The van der Waals surface area contributed by atoms with Crippen LogP contribution in [0.25, 0.3) is 21.6 Å². The number of carbonyl (C=O) groups is 3. The van der Waals surface area contributed by atoms with Gasteiger partial charge >= 0.3 is 5.97 Å². The van der Waals surface area contributed by atoms with Gasteiger partial charge < -0.3 is 26.2 Å². The molecule has 5 N–H and O–H groups in total. The van der Waals surface area contributed by atoms with Crippen molar-refractivity contribution in [3.63, 3.8) is 0 Å². The van der Waals surface area contributed by atoms with Gasteiger partial charge in [-0.05, 0) is 71.8 Å². The zero-order valence-electron chi connectivity index (χ0n) is 24.5. The van der Waals surface area contributed by atoms with Gasteiger partial charge in [0.25, 0.3) is 17.7 Å². The van der Waals surface area contributed by atoms with Gasteiger partial charge in [0.15, 0.2) is 5.69 Å². The number of pyridine rings is 1. The number of nitrogens with one attached hydrogen (secondary N) is 2. The van der Waals surface area contributed by atoms with E-state index in [1.54, 1.807) is 12.1 Å². The Bertz CT molecular complexity index is 1840. The van der Waals surface area contributed by atoms with Crippen molar-refractivity contribution in [2.45, 2.75) is 51.6 Å². The Hall–Kier alpha value is -4.68. The maximum Gasteiger partial charge on any atom is 0.355 e. The number of aromatic nitrogens is 1. The normalized spacial score (nSPS) is 15.1. The van der Waals surface area contributed by atoms with Crippen molar-refractivity contribution in [1.29, 1.82) is 0 Å². The molecule has 2 aliphatic rings. The molecule has 0 spiro atoms. The SMILES string of the molecule is Cc1cc(CN)cc(C)c1NC(=O)c1cc2c(cc1-c1ccc(C(=O)NC3CC(F)(F)C3)nc1C(=O)O)OCCc1ccsc1-2. The van der Waals surface area contributed by atoms with E-state index in [0.29, 0.717) is 36.6 Å². The highest BCUT2D eigenvalue weighted by molar-refractivity contribution is 7.13. The second-order valence-corrected chi connectivity index (χ2v) is 12.3. The van der Waals surface area contributed by atoms with Crippen LogP contribution in [0.1, 0.15) is 66.4 Å². The predicted molar refractivity (Wildman–Crippen MR) is 166 cm³/mol. The van der Waals surface area contributed by atoms with Crippen LogP contribution in [0.2, 0.25) is 0 Å². The first-order valence-corrected chi connectivity index (χ1v) is 15.2. The maximum absolute atomic E-state index is 14.1. The van der Waals surface area contributed by atoms with E-state index in [-0.39, 0.29) is 22.4 Å². The third-order valence-corrected chi connectivity index (χ3v) is 9.09. The van der Waals surface area contributed by atoms with E-state index < -0.39 is 48.3 Å². The first kappa shape index (κ1) is 30.4. The monoisotopic (exact) mass is 632 g/mol. The maximum atomic E-state index is 14.1. The topological polar surface area (TPSA) is 144 Å². The largest absolute Gasteiger partial charge is 0.493 e. The molecule has 12 heteroatoms. The Labute approximate surface area is 261 Å². The number of anilines is 1. The molecule has 3 heterocycles. The number of nitrogens with two attached hydrogens (primary N) is 1. The third-order valence-electron chi connectivity index (χ3n) is 8.10. The third kappa shape index (κ3) is 5.90. The lowest BCUT2D eigenvalue weighted by atomic mass is 9.88. The van der Waals surface area contributed by atoms with Gasteiger partial charge in [-0.2, -0.15) is 0 Å². The summed E-state index contributed by atoms with van der Waals surface area (Å²) in [5.41, 5.74) is 10.6. The number of carboxylic acids is 1. The number of aryl methyl sites for hydroxylation is 2. The molecule has 0 bridgehead atoms. The fourth-order valence-electron chi connectivity index (χ4n) is 5.86. The van der Waals surface area contributed by atoms with Crippen molar-refractivity contribution in [1.82, 2.24) is 10.3 Å². The van der Waals surface area contributed by atoms with Crippen LogP contribution in [0.4, 0.5) is 14.5 Å². The first-order chi connectivity index (χ1) is 21.4. The summed E-state index contributed by atoms with van der Waals surface area (Å²) in [4.78, 5) is 44.4. The van der Waals surface area contributed by atoms with Gasteiger partial charge in [0, 0.05) is 64.7 Å². The summed E-state index contributed by atoms with van der Waals surface area (Å²) in [6.07, 6.45) is -0.318. The van der Waals surface area contributed by atoms with Crippen LogP contribution in [0.15, 0.2) is 47.8 Å². The van der Waals surface area contributed by atoms with E-state index in [9.17, 15) is 28.3 Å². The van der Waals surface area contributed by atoms with Crippen LogP contribution in [0, 0.1) is 13.8 Å². The second kappa shape index (κ2) is 11.7. The highest BCUT2D eigenvalue weighted by atomic mass is 32.1. The Kier molecular flexibility index (Phi) is 7.88. The molecular formula is C33H30F2N4O5S. The van der Waals surface area contributed by atoms with Gasteiger partial charge in [-0.3, -0.25) is 9.59 Å². The van der Waals surface area contributed by atoms with Crippen LogP contribution in [-0.2, 0) is 13.0 Å². The van der Waals surface area contributed by atoms with Crippen LogP contribution >= 0.6 is 11.3 Å². The van der Waals surface area contributed by atoms with E-state index >= 15 is 0 Å². The van der Waals surface area contributed by atoms with Crippen molar-refractivity contribution < 1.29 is 33.0 Å². The Morgan fingerprint density at radius 3 is 2.44 bits per heavy atom. The number of carbonyl (C=O) groups excluding carboxylic acids is 2. The Morgan fingerprint density at radius 1 is 1.04 bits per heavy atom. The van der Waals surface area contributed by atoms with Crippen molar-refractivity contribution in [3.8, 4) is 27.3 Å². The van der Waals surface area contributed by atoms with Gasteiger partial charge in [-0.15, -0.1) is 11.3 Å². The number of fused-ring (bicyclic) bond motifs is 3. The van der Waals surface area contributed by atoms with Crippen LogP contribution in [-0.4, -0.2) is 46.4 Å². The summed E-state index contributed by atoms with van der Waals surface area (Å²) >= 11 is 1.52. The molecule has 0 radical (unpaired) electrons. The number of hydrogen-bond donors (Lipinski definition) is 4. The highest BCUT2D eigenvalue weighted by Crippen LogP contribution is 2.43. The summed E-state index contributed by atoms with van der Waals surface area (Å²) in [6.45, 7) is 4.47. The number of hydrogen-bond acceptors (Lipinski definition) is 7. The van der Waals surface area contributed by atoms with Crippen molar-refractivity contribution in [2.75, 3.05) is 11.9 Å². The standard InChI is InChI=1S/C33H30F2N4O5S/c1-16-9-18(15-36)10-17(2)27(16)39-30(40)23-11-24-26(44-7-5-19-6-8-45-29(19)24)12-22(23)21-3-4-25(38-28(21)32(42)43)31(41)37-20-13-33(34,35)14-20/h3-4,6,8-12,20H,5,7,13-15,36H2,1-2H3,(H,37,41)(H,39,40)(H,42,43). The number of amides is 2. The predicted octanol–water partition coefficient (Wildman–Crippen LogP) is 5.97. The van der Waals surface area contributed by atoms with Gasteiger partial charge in [0.2, 0.25) is 0 Å². The number of carboxylic acid groups (broad SMARTS) is 1. The van der Waals surface area contributed by atoms with Gasteiger partial charge in [-0.25, -0.2) is 18.6 Å². The molecule has 6 rings (SSSR count). The number of thiophene rings is 1. The molecular weight excluding hydrogens is 602 g/mol. The van der Waals surface area contributed by atoms with Crippen molar-refractivity contribution >= 4 is 34.8 Å². The summed E-state index contributed by atoms with van der Waals surface area (Å²) in [5, 5.41) is 17.6. The molecule has 2 amide bonds. The Morgan fingerprint density at radius 2 is 1.78 bits per heavy atom. The van der Waals surface area contributed by atoms with E-state index in [1.807, 2.05) is 37.4 Å². The summed E-state index contributed by atoms with van der Waals surface area (Å²) < 4.78 is 32.7. The summed E-state index contributed by atoms with van der Waals surface area (Å²) in [6, 6.07) is 11.1. The molecule has 1 aliphatic heterocycles. The van der Waals surface area contributed by atoms with E-state index in [0.717, 1.165) is 27.1 Å². The van der Waals surface area contributed by atoms with Crippen LogP contribution in [0.5, 0.6) is 5.75 Å². The minimum atomic E-state index is -2.83. The molecule has 1 fully saturated rings. The number of alkyl halides is 2. The molecule has 0 atom stereocenters. The average Bonchev–Trinajstić information content (AvgIpc) is 3.38. The molecule has 0 saturated heterocycles. The fraction of sp³-hybridized carbons (Fsp3) is 0.273. The number of aromatic carboxylic acids is 1. The quantitative estimate of drug-likeness (QED) is 0.197. The molecule has 4 aromatic rings. The number of ether oxygens (including phenoxy) is 1. The van der Waals surface area contributed by atoms with E-state index in [1.165, 1.54) is 23.5 Å². The van der Waals surface area contributed by atoms with E-state index in [4.69, 9.17) is 10.5 Å². The minimum Gasteiger partial charge on any atom is -0.493 e. The molecule has 45 heavy (non-hydrogen) atoms. The van der Waals surface area contributed by atoms with Crippen LogP contribution < -0.4 is 21.1 Å². The molecule has 2 aromatic heterocycles.